The van der Waals surface area contributed by atoms with Crippen LogP contribution in [0.15, 0.2) is 24.3 Å². The molecule has 1 saturated heterocycles. The number of anilines is 2. The Balaban J connectivity index is 2.06. The van der Waals surface area contributed by atoms with Gasteiger partial charge in [-0.25, -0.2) is 0 Å². The first-order chi connectivity index (χ1) is 9.13. The topological polar surface area (TPSA) is 75.4 Å². The number of hydrogen-bond acceptors (Lipinski definition) is 3. The molecular weight excluding hydrogens is 242 g/mol. The minimum Gasteiger partial charge on any atom is -0.330 e. The Bertz CT molecular complexity index is 470. The Labute approximate surface area is 112 Å². The molecule has 5 heteroatoms. The second kappa shape index (κ2) is 5.84. The van der Waals surface area contributed by atoms with Crippen LogP contribution in [0.5, 0.6) is 0 Å². The molecule has 0 saturated carbocycles. The van der Waals surface area contributed by atoms with Crippen molar-refractivity contribution < 1.29 is 9.59 Å². The lowest BCUT2D eigenvalue weighted by atomic mass is 10.1. The van der Waals surface area contributed by atoms with E-state index in [1.165, 1.54) is 0 Å². The molecule has 0 radical (unpaired) electrons. The fourth-order valence-electron chi connectivity index (χ4n) is 2.16. The Morgan fingerprint density at radius 2 is 2.11 bits per heavy atom. The molecule has 2 rings (SSSR count). The summed E-state index contributed by atoms with van der Waals surface area (Å²) in [7, 11) is 0. The van der Waals surface area contributed by atoms with E-state index in [9.17, 15) is 9.59 Å². The van der Waals surface area contributed by atoms with Crippen molar-refractivity contribution in [3.63, 3.8) is 0 Å². The molecule has 2 amide bonds. The molecule has 3 N–H and O–H groups in total. The van der Waals surface area contributed by atoms with Crippen molar-refractivity contribution in [1.29, 1.82) is 0 Å². The molecule has 0 aliphatic carbocycles. The van der Waals surface area contributed by atoms with E-state index in [1.807, 2.05) is 24.3 Å². The van der Waals surface area contributed by atoms with Gasteiger partial charge in [-0.3, -0.25) is 9.59 Å². The maximum absolute atomic E-state index is 11.9. The molecular formula is C14H19N3O2. The Hall–Kier alpha value is -1.88. The molecule has 19 heavy (non-hydrogen) atoms. The van der Waals surface area contributed by atoms with Crippen LogP contribution in [0.4, 0.5) is 11.4 Å². The van der Waals surface area contributed by atoms with Crippen LogP contribution in [0.2, 0.25) is 0 Å². The SMILES string of the molecule is CCC(=O)Nc1ccc(N2CC(CN)CC2=O)cc1. The summed E-state index contributed by atoms with van der Waals surface area (Å²) >= 11 is 0. The maximum Gasteiger partial charge on any atom is 0.227 e. The molecule has 1 unspecified atom stereocenters. The highest BCUT2D eigenvalue weighted by Gasteiger charge is 2.29. The lowest BCUT2D eigenvalue weighted by molar-refractivity contribution is -0.117. The zero-order valence-electron chi connectivity index (χ0n) is 11.1. The fraction of sp³-hybridized carbons (Fsp3) is 0.429. The van der Waals surface area contributed by atoms with E-state index >= 15 is 0 Å². The highest BCUT2D eigenvalue weighted by Crippen LogP contribution is 2.25. The summed E-state index contributed by atoms with van der Waals surface area (Å²) in [5.41, 5.74) is 7.21. The summed E-state index contributed by atoms with van der Waals surface area (Å²) in [4.78, 5) is 24.9. The first kappa shape index (κ1) is 13.5. The monoisotopic (exact) mass is 261 g/mol. The van der Waals surface area contributed by atoms with Gasteiger partial charge in [0.1, 0.15) is 0 Å². The molecule has 1 fully saturated rings. The van der Waals surface area contributed by atoms with Crippen LogP contribution in [0.25, 0.3) is 0 Å². The van der Waals surface area contributed by atoms with Gasteiger partial charge in [0.05, 0.1) is 0 Å². The third kappa shape index (κ3) is 3.12. The van der Waals surface area contributed by atoms with Gasteiger partial charge in [-0.05, 0) is 36.7 Å². The molecule has 1 aliphatic heterocycles. The maximum atomic E-state index is 11.9. The number of hydrogen-bond donors (Lipinski definition) is 2. The second-order valence-corrected chi connectivity index (χ2v) is 4.76. The molecule has 1 aromatic rings. The van der Waals surface area contributed by atoms with Crippen molar-refractivity contribution in [2.45, 2.75) is 19.8 Å². The van der Waals surface area contributed by atoms with Gasteiger partial charge in [0, 0.05) is 30.8 Å². The second-order valence-electron chi connectivity index (χ2n) is 4.76. The zero-order valence-corrected chi connectivity index (χ0v) is 11.1. The highest BCUT2D eigenvalue weighted by molar-refractivity contribution is 5.96. The lowest BCUT2D eigenvalue weighted by Crippen LogP contribution is -2.25. The number of benzene rings is 1. The largest absolute Gasteiger partial charge is 0.330 e. The van der Waals surface area contributed by atoms with Gasteiger partial charge < -0.3 is 16.0 Å². The number of carbonyl (C=O) groups excluding carboxylic acids is 2. The van der Waals surface area contributed by atoms with E-state index in [1.54, 1.807) is 11.8 Å². The fourth-order valence-corrected chi connectivity index (χ4v) is 2.16. The Morgan fingerprint density at radius 1 is 1.42 bits per heavy atom. The van der Waals surface area contributed by atoms with Crippen molar-refractivity contribution in [3.05, 3.63) is 24.3 Å². The Morgan fingerprint density at radius 3 is 2.63 bits per heavy atom. The van der Waals surface area contributed by atoms with Crippen molar-refractivity contribution >= 4 is 23.2 Å². The predicted octanol–water partition coefficient (Wildman–Crippen LogP) is 1.35. The van der Waals surface area contributed by atoms with E-state index in [0.29, 0.717) is 25.9 Å². The third-order valence-corrected chi connectivity index (χ3v) is 3.32. The minimum absolute atomic E-state index is 0.0202. The number of nitrogens with zero attached hydrogens (tertiary/aromatic N) is 1. The molecule has 102 valence electrons. The van der Waals surface area contributed by atoms with Crippen LogP contribution >= 0.6 is 0 Å². The first-order valence-electron chi connectivity index (χ1n) is 6.54. The molecule has 1 atom stereocenters. The Kier molecular flexibility index (Phi) is 4.16. The van der Waals surface area contributed by atoms with Crippen LogP contribution in [0.1, 0.15) is 19.8 Å². The number of nitrogens with one attached hydrogen (secondary N) is 1. The minimum atomic E-state index is -0.0202. The summed E-state index contributed by atoms with van der Waals surface area (Å²) in [5, 5.41) is 2.78. The van der Waals surface area contributed by atoms with E-state index in [4.69, 9.17) is 5.73 Å². The van der Waals surface area contributed by atoms with Gasteiger partial charge >= 0.3 is 0 Å². The molecule has 1 heterocycles. The molecule has 0 aromatic heterocycles. The number of carbonyl (C=O) groups is 2. The summed E-state index contributed by atoms with van der Waals surface area (Å²) in [5.74, 6) is 0.334. The normalized spacial score (nSPS) is 18.7. The third-order valence-electron chi connectivity index (χ3n) is 3.32. The quantitative estimate of drug-likeness (QED) is 0.859. The highest BCUT2D eigenvalue weighted by atomic mass is 16.2. The molecule has 1 aliphatic rings. The number of amides is 2. The van der Waals surface area contributed by atoms with E-state index in [-0.39, 0.29) is 17.7 Å². The van der Waals surface area contributed by atoms with Crippen molar-refractivity contribution in [1.82, 2.24) is 0 Å². The molecule has 0 bridgehead atoms. The van der Waals surface area contributed by atoms with Gasteiger partial charge in [-0.15, -0.1) is 0 Å². The van der Waals surface area contributed by atoms with Crippen LogP contribution in [-0.2, 0) is 9.59 Å². The van der Waals surface area contributed by atoms with Crippen LogP contribution in [0, 0.1) is 5.92 Å². The standard InChI is InChI=1S/C14H19N3O2/c1-2-13(18)16-11-3-5-12(6-4-11)17-9-10(8-15)7-14(17)19/h3-6,10H,2,7-9,15H2,1H3,(H,16,18). The lowest BCUT2D eigenvalue weighted by Gasteiger charge is -2.17. The van der Waals surface area contributed by atoms with E-state index in [2.05, 4.69) is 5.32 Å². The number of nitrogens with two attached hydrogens (primary N) is 1. The summed E-state index contributed by atoms with van der Waals surface area (Å²) < 4.78 is 0. The summed E-state index contributed by atoms with van der Waals surface area (Å²) in [6, 6.07) is 7.32. The van der Waals surface area contributed by atoms with Gasteiger partial charge in [0.15, 0.2) is 0 Å². The van der Waals surface area contributed by atoms with Gasteiger partial charge in [0.25, 0.3) is 0 Å². The van der Waals surface area contributed by atoms with Crippen molar-refractivity contribution in [2.24, 2.45) is 11.7 Å². The van der Waals surface area contributed by atoms with Crippen LogP contribution in [-0.4, -0.2) is 24.9 Å². The van der Waals surface area contributed by atoms with Gasteiger partial charge in [-0.1, -0.05) is 6.92 Å². The molecule has 5 nitrogen and oxygen atoms in total. The summed E-state index contributed by atoms with van der Waals surface area (Å²) in [6.07, 6.45) is 0.968. The van der Waals surface area contributed by atoms with E-state index in [0.717, 1.165) is 11.4 Å². The predicted molar refractivity (Wildman–Crippen MR) is 74.9 cm³/mol. The van der Waals surface area contributed by atoms with E-state index < -0.39 is 0 Å². The summed E-state index contributed by atoms with van der Waals surface area (Å²) in [6.45, 7) is 3.02. The van der Waals surface area contributed by atoms with Crippen LogP contribution < -0.4 is 16.0 Å². The smallest absolute Gasteiger partial charge is 0.227 e. The zero-order chi connectivity index (χ0) is 13.8. The average Bonchev–Trinajstić information content (AvgIpc) is 2.81. The van der Waals surface area contributed by atoms with Gasteiger partial charge in [-0.2, -0.15) is 0 Å². The first-order valence-corrected chi connectivity index (χ1v) is 6.54. The van der Waals surface area contributed by atoms with Gasteiger partial charge in [0.2, 0.25) is 11.8 Å². The average molecular weight is 261 g/mol. The number of rotatable bonds is 4. The van der Waals surface area contributed by atoms with Crippen molar-refractivity contribution in [2.75, 3.05) is 23.3 Å². The van der Waals surface area contributed by atoms with Crippen LogP contribution in [0.3, 0.4) is 0 Å². The molecule has 1 aromatic carbocycles. The molecule has 0 spiro atoms. The van der Waals surface area contributed by atoms with Crippen molar-refractivity contribution in [3.8, 4) is 0 Å².